The molecule has 4 aromatic heterocycles. The standard InChI is InChI=1S/C29H36N10O6/c1-14(2)18-12-29(18,25(30)40)39-24-17(23(36-39)35-27(42)45-5)8-9-21(34-24)33-22-11-19-20(13-31-22)37(3)28(43)38(19)16-7-6-15(10-16)32-26(41)44-4/h8-9,11,13-16,18H,6-7,10,12H2,1-5H3,(H2,30,40)(H,32,41)(H,31,33,34)(H,35,36,42)/t15-,16-,18-,29+/m1/s1/i3D3,15D. The number of nitrogens with two attached hydrogens (primary N) is 1. The maximum atomic E-state index is 13.6. The zero-order chi connectivity index (χ0) is 35.6. The molecule has 4 atom stereocenters. The van der Waals surface area contributed by atoms with E-state index in [2.05, 4.69) is 30.8 Å². The highest BCUT2D eigenvalue weighted by Gasteiger charge is 2.63. The van der Waals surface area contributed by atoms with Crippen LogP contribution < -0.4 is 27.4 Å². The first-order valence-corrected chi connectivity index (χ1v) is 14.3. The third-order valence-electron chi connectivity index (χ3n) is 8.64. The zero-order valence-corrected chi connectivity index (χ0v) is 25.1. The van der Waals surface area contributed by atoms with Gasteiger partial charge in [0.1, 0.15) is 17.2 Å². The first-order valence-electron chi connectivity index (χ1n) is 16.3. The maximum absolute atomic E-state index is 13.6. The molecular weight excluding hydrogens is 584 g/mol. The summed E-state index contributed by atoms with van der Waals surface area (Å²) in [6.07, 6.45) is 0.670. The van der Waals surface area contributed by atoms with E-state index in [9.17, 15) is 19.2 Å². The Kier molecular flexibility index (Phi) is 6.21. The third-order valence-corrected chi connectivity index (χ3v) is 8.64. The summed E-state index contributed by atoms with van der Waals surface area (Å²) < 4.78 is 45.6. The number of pyridine rings is 2. The molecule has 16 heteroatoms. The molecule has 2 fully saturated rings. The van der Waals surface area contributed by atoms with Crippen LogP contribution in [-0.2, 0) is 26.8 Å². The van der Waals surface area contributed by atoms with Gasteiger partial charge in [-0.15, -0.1) is 0 Å². The minimum Gasteiger partial charge on any atom is -0.453 e. The highest BCUT2D eigenvalue weighted by atomic mass is 16.5. The fraction of sp³-hybridized carbons (Fsp3) is 0.483. The molecule has 0 aliphatic heterocycles. The van der Waals surface area contributed by atoms with Crippen LogP contribution in [0.15, 0.2) is 29.2 Å². The highest BCUT2D eigenvalue weighted by Crippen LogP contribution is 2.55. The van der Waals surface area contributed by atoms with Gasteiger partial charge >= 0.3 is 17.9 Å². The predicted molar refractivity (Wildman–Crippen MR) is 164 cm³/mol. The van der Waals surface area contributed by atoms with Gasteiger partial charge in [0.05, 0.1) is 38.2 Å². The lowest BCUT2D eigenvalue weighted by molar-refractivity contribution is -0.123. The minimum absolute atomic E-state index is 0.0242. The van der Waals surface area contributed by atoms with Crippen molar-refractivity contribution in [2.45, 2.75) is 57.1 Å². The van der Waals surface area contributed by atoms with Gasteiger partial charge < -0.3 is 25.8 Å². The van der Waals surface area contributed by atoms with E-state index in [1.54, 1.807) is 12.1 Å². The van der Waals surface area contributed by atoms with E-state index in [0.717, 1.165) is 0 Å². The van der Waals surface area contributed by atoms with Crippen LogP contribution in [-0.4, -0.2) is 67.2 Å². The number of carbonyl (C=O) groups is 3. The van der Waals surface area contributed by atoms with Gasteiger partial charge in [0.15, 0.2) is 11.5 Å². The number of anilines is 3. The summed E-state index contributed by atoms with van der Waals surface area (Å²) >= 11 is 0. The van der Waals surface area contributed by atoms with Gasteiger partial charge in [-0.1, -0.05) is 13.8 Å². The molecule has 16 nitrogen and oxygen atoms in total. The number of hydrogen-bond donors (Lipinski definition) is 4. The van der Waals surface area contributed by atoms with Gasteiger partial charge in [0, 0.05) is 29.2 Å². The van der Waals surface area contributed by atoms with Crippen molar-refractivity contribution in [2.24, 2.45) is 24.5 Å². The number of rotatable bonds is 8. The number of ether oxygens (including phenoxy) is 2. The number of alkyl carbamates (subject to hydrolysis) is 1. The normalized spacial score (nSPS) is 25.7. The number of amides is 3. The molecule has 2 aliphatic rings. The second-order valence-corrected chi connectivity index (χ2v) is 11.6. The van der Waals surface area contributed by atoms with E-state index in [0.29, 0.717) is 22.8 Å². The average molecular weight is 625 g/mol. The van der Waals surface area contributed by atoms with E-state index in [-0.39, 0.29) is 58.8 Å². The Morgan fingerprint density at radius 1 is 1.16 bits per heavy atom. The van der Waals surface area contributed by atoms with E-state index in [1.807, 2.05) is 13.8 Å². The Morgan fingerprint density at radius 3 is 2.60 bits per heavy atom. The molecule has 2 saturated carbocycles. The van der Waals surface area contributed by atoms with E-state index in [4.69, 9.17) is 20.9 Å². The predicted octanol–water partition coefficient (Wildman–Crippen LogP) is 2.71. The smallest absolute Gasteiger partial charge is 0.412 e. The summed E-state index contributed by atoms with van der Waals surface area (Å²) in [5.74, 6) is -0.0416. The monoisotopic (exact) mass is 624 g/mol. The van der Waals surface area contributed by atoms with Gasteiger partial charge in [0.25, 0.3) is 0 Å². The first kappa shape index (κ1) is 25.2. The van der Waals surface area contributed by atoms with E-state index < -0.39 is 48.4 Å². The molecule has 3 amide bonds. The number of aromatic nitrogens is 6. The summed E-state index contributed by atoms with van der Waals surface area (Å²) in [4.78, 5) is 59.6. The molecule has 0 radical (unpaired) electrons. The van der Waals surface area contributed by atoms with Gasteiger partial charge in [-0.3, -0.25) is 19.2 Å². The molecule has 0 bridgehead atoms. The van der Waals surface area contributed by atoms with Crippen molar-refractivity contribution in [3.05, 3.63) is 34.9 Å². The lowest BCUT2D eigenvalue weighted by atomic mass is 10.0. The lowest BCUT2D eigenvalue weighted by Gasteiger charge is -2.17. The summed E-state index contributed by atoms with van der Waals surface area (Å²) in [6.45, 7) is 1.12. The second-order valence-electron chi connectivity index (χ2n) is 11.6. The van der Waals surface area contributed by atoms with Crippen molar-refractivity contribution in [1.82, 2.24) is 34.2 Å². The molecular formula is C29H36N10O6. The van der Waals surface area contributed by atoms with Crippen molar-refractivity contribution in [2.75, 3.05) is 24.9 Å². The Balaban J connectivity index is 1.42. The topological polar surface area (TPSA) is 202 Å². The van der Waals surface area contributed by atoms with Gasteiger partial charge in [0.2, 0.25) is 5.91 Å². The highest BCUT2D eigenvalue weighted by molar-refractivity contribution is 5.98. The number of fused-ring (bicyclic) bond motifs is 2. The number of hydrogen-bond acceptors (Lipinski definition) is 10. The number of aryl methyl sites for hydroxylation is 1. The number of nitrogens with zero attached hydrogens (tertiary/aromatic N) is 6. The minimum atomic E-state index is -2.83. The molecule has 0 unspecified atom stereocenters. The SMILES string of the molecule is [2H]C([2H])([2H])n1c(=O)n([C@@H]2CC[C@@]([2H])(NC(=O)OC)C2)c2cc(Nc3ccc4c(NC(=O)OC)nn([C@@]5(C(N)=O)C[C@@H]5C(C)C)c4n3)ncc21. The largest absolute Gasteiger partial charge is 0.453 e. The van der Waals surface area contributed by atoms with Crippen LogP contribution in [0.3, 0.4) is 0 Å². The third kappa shape index (κ3) is 4.99. The number of carbonyl (C=O) groups excluding carboxylic acids is 3. The van der Waals surface area contributed by atoms with Crippen LogP contribution in [0, 0.1) is 11.8 Å². The van der Waals surface area contributed by atoms with E-state index in [1.165, 1.54) is 35.7 Å². The molecule has 45 heavy (non-hydrogen) atoms. The molecule has 4 heterocycles. The van der Waals surface area contributed by atoms with Crippen LogP contribution in [0.4, 0.5) is 27.0 Å². The van der Waals surface area contributed by atoms with Crippen LogP contribution in [0.25, 0.3) is 22.1 Å². The molecule has 0 saturated heterocycles. The van der Waals surface area contributed by atoms with Crippen LogP contribution in [0.5, 0.6) is 0 Å². The van der Waals surface area contributed by atoms with Crippen LogP contribution in [0.2, 0.25) is 0 Å². The molecule has 5 N–H and O–H groups in total. The van der Waals surface area contributed by atoms with Crippen molar-refractivity contribution < 1.29 is 29.3 Å². The molecule has 238 valence electrons. The summed E-state index contributed by atoms with van der Waals surface area (Å²) in [5, 5.41) is 13.1. The Morgan fingerprint density at radius 2 is 1.93 bits per heavy atom. The van der Waals surface area contributed by atoms with E-state index >= 15 is 0 Å². The molecule has 4 aromatic rings. The average Bonchev–Trinajstić information content (AvgIpc) is 3.41. The number of nitrogens with one attached hydrogen (secondary N) is 3. The lowest BCUT2D eigenvalue weighted by Crippen LogP contribution is -2.38. The van der Waals surface area contributed by atoms with Crippen molar-refractivity contribution in [3.63, 3.8) is 0 Å². The Labute approximate surface area is 262 Å². The molecule has 6 rings (SSSR count). The number of imidazole rings is 1. The summed E-state index contributed by atoms with van der Waals surface area (Å²) in [7, 11) is 2.39. The zero-order valence-electron chi connectivity index (χ0n) is 29.1. The van der Waals surface area contributed by atoms with Crippen molar-refractivity contribution >= 4 is 57.6 Å². The number of primary amides is 1. The summed E-state index contributed by atoms with van der Waals surface area (Å²) in [6, 6.07) is 2.69. The summed E-state index contributed by atoms with van der Waals surface area (Å²) in [5.41, 5.74) is 4.49. The Bertz CT molecular complexity index is 2060. The van der Waals surface area contributed by atoms with Crippen LogP contribution in [0.1, 0.15) is 51.1 Å². The fourth-order valence-corrected chi connectivity index (χ4v) is 6.31. The van der Waals surface area contributed by atoms with Gasteiger partial charge in [-0.25, -0.2) is 29.0 Å². The Hall–Kier alpha value is -5.15. The second kappa shape index (κ2) is 11.1. The molecule has 0 aromatic carbocycles. The fourth-order valence-electron chi connectivity index (χ4n) is 6.31. The maximum Gasteiger partial charge on any atom is 0.412 e. The first-order chi connectivity index (χ1) is 23.0. The van der Waals surface area contributed by atoms with Gasteiger partial charge in [-0.05, 0) is 49.7 Å². The molecule has 2 aliphatic carbocycles. The number of methoxy groups -OCH3 is 2. The molecule has 0 spiro atoms. The van der Waals surface area contributed by atoms with Crippen LogP contribution >= 0.6 is 0 Å². The van der Waals surface area contributed by atoms with Crippen molar-refractivity contribution in [3.8, 4) is 0 Å². The quantitative estimate of drug-likeness (QED) is 0.226. The van der Waals surface area contributed by atoms with Crippen molar-refractivity contribution in [1.29, 1.82) is 0 Å². The van der Waals surface area contributed by atoms with Gasteiger partial charge in [-0.2, -0.15) is 5.10 Å².